The lowest BCUT2D eigenvalue weighted by molar-refractivity contribution is -0.135. The Morgan fingerprint density at radius 2 is 1.71 bits per heavy atom. The number of hydrogen-bond acceptors (Lipinski definition) is 10. The molecule has 1 saturated carbocycles. The van der Waals surface area contributed by atoms with E-state index in [1.807, 2.05) is 22.8 Å². The molecule has 270 valence electrons. The third kappa shape index (κ3) is 7.96. The molecule has 3 fully saturated rings. The van der Waals surface area contributed by atoms with Gasteiger partial charge in [-0.15, -0.1) is 0 Å². The highest BCUT2D eigenvalue weighted by molar-refractivity contribution is 6.01. The number of ether oxygens (including phenoxy) is 1. The van der Waals surface area contributed by atoms with Crippen LogP contribution in [-0.4, -0.2) is 100 Å². The van der Waals surface area contributed by atoms with Gasteiger partial charge in [0.1, 0.15) is 11.4 Å². The topological polar surface area (TPSA) is 168 Å². The standard InChI is InChI=1S/C38H42N8O6/c47-23-30-21-27-22-40-38(43-35(27)46(30)29-3-1-2-4-29)41-28-9-5-26(6-10-28)36(50)39-15-16-44-17-19-45(20-18-44)34(49)24-52-31-11-7-25(8-12-31)32-13-14-33(48)42-37(32)51/h5-12,21-23,29,32H,1-4,13-20,24H2,(H,39,50)(H,40,41,43)(H,42,48,51). The fourth-order valence-corrected chi connectivity index (χ4v) is 7.25. The van der Waals surface area contributed by atoms with Crippen molar-refractivity contribution in [3.63, 3.8) is 0 Å². The number of imide groups is 1. The molecule has 0 bridgehead atoms. The predicted molar refractivity (Wildman–Crippen MR) is 193 cm³/mol. The number of carbonyl (C=O) groups excluding carboxylic acids is 5. The number of nitrogens with one attached hydrogen (secondary N) is 3. The largest absolute Gasteiger partial charge is 0.484 e. The van der Waals surface area contributed by atoms with Gasteiger partial charge in [0.05, 0.1) is 11.6 Å². The molecule has 52 heavy (non-hydrogen) atoms. The first-order chi connectivity index (χ1) is 25.3. The molecule has 1 atom stereocenters. The van der Waals surface area contributed by atoms with Gasteiger partial charge in [0.25, 0.3) is 11.8 Å². The summed E-state index contributed by atoms with van der Waals surface area (Å²) in [6.45, 7) is 3.58. The van der Waals surface area contributed by atoms with E-state index in [1.165, 1.54) is 0 Å². The normalized spacial score (nSPS) is 18.3. The van der Waals surface area contributed by atoms with Gasteiger partial charge in [0, 0.05) is 74.6 Å². The molecule has 0 spiro atoms. The molecule has 4 aromatic rings. The zero-order valence-corrected chi connectivity index (χ0v) is 28.9. The summed E-state index contributed by atoms with van der Waals surface area (Å²) in [6.07, 6.45) is 7.76. The molecule has 1 aliphatic carbocycles. The van der Waals surface area contributed by atoms with Crippen LogP contribution in [0, 0.1) is 0 Å². The van der Waals surface area contributed by atoms with Crippen molar-refractivity contribution in [3.05, 3.63) is 77.6 Å². The summed E-state index contributed by atoms with van der Waals surface area (Å²) in [6, 6.07) is 16.3. The van der Waals surface area contributed by atoms with Gasteiger partial charge in [-0.2, -0.15) is 4.98 Å². The zero-order chi connectivity index (χ0) is 36.0. The lowest BCUT2D eigenvalue weighted by Crippen LogP contribution is -2.51. The van der Waals surface area contributed by atoms with Crippen LogP contribution in [-0.2, 0) is 14.4 Å². The van der Waals surface area contributed by atoms with Crippen LogP contribution in [0.5, 0.6) is 5.75 Å². The van der Waals surface area contributed by atoms with Crippen LogP contribution in [0.3, 0.4) is 0 Å². The Morgan fingerprint density at radius 3 is 2.42 bits per heavy atom. The maximum atomic E-state index is 12.8. The summed E-state index contributed by atoms with van der Waals surface area (Å²) >= 11 is 0. The molecule has 2 aliphatic heterocycles. The first kappa shape index (κ1) is 34.8. The number of aldehydes is 1. The van der Waals surface area contributed by atoms with Crippen LogP contribution in [0.1, 0.15) is 76.9 Å². The number of nitrogens with zero attached hydrogens (tertiary/aromatic N) is 5. The first-order valence-corrected chi connectivity index (χ1v) is 17.9. The van der Waals surface area contributed by atoms with Crippen molar-refractivity contribution in [2.45, 2.75) is 50.5 Å². The quantitative estimate of drug-likeness (QED) is 0.146. The van der Waals surface area contributed by atoms with E-state index in [9.17, 15) is 24.0 Å². The van der Waals surface area contributed by atoms with E-state index in [-0.39, 0.29) is 42.2 Å². The summed E-state index contributed by atoms with van der Waals surface area (Å²) in [7, 11) is 0. The number of anilines is 2. The molecule has 4 amide bonds. The number of carbonyl (C=O) groups is 5. The van der Waals surface area contributed by atoms with Crippen LogP contribution in [0.2, 0.25) is 0 Å². The van der Waals surface area contributed by atoms with Gasteiger partial charge >= 0.3 is 0 Å². The van der Waals surface area contributed by atoms with Gasteiger partial charge in [-0.25, -0.2) is 4.98 Å². The van der Waals surface area contributed by atoms with Crippen LogP contribution < -0.4 is 20.7 Å². The Hall–Kier alpha value is -5.63. The van der Waals surface area contributed by atoms with Gasteiger partial charge in [0.2, 0.25) is 17.8 Å². The third-order valence-electron chi connectivity index (χ3n) is 10.1. The van der Waals surface area contributed by atoms with Crippen molar-refractivity contribution in [2.75, 3.05) is 51.2 Å². The first-order valence-electron chi connectivity index (χ1n) is 17.9. The van der Waals surface area contributed by atoms with E-state index in [0.29, 0.717) is 75.1 Å². The van der Waals surface area contributed by atoms with E-state index in [4.69, 9.17) is 9.72 Å². The van der Waals surface area contributed by atoms with E-state index < -0.39 is 0 Å². The Labute approximate surface area is 300 Å². The average molecular weight is 707 g/mol. The van der Waals surface area contributed by atoms with Gasteiger partial charge < -0.3 is 24.8 Å². The summed E-state index contributed by atoms with van der Waals surface area (Å²) in [5, 5.41) is 9.41. The number of hydrogen-bond donors (Lipinski definition) is 3. The zero-order valence-electron chi connectivity index (χ0n) is 28.9. The van der Waals surface area contributed by atoms with Crippen LogP contribution in [0.15, 0.2) is 60.8 Å². The van der Waals surface area contributed by atoms with Gasteiger partial charge in [-0.1, -0.05) is 25.0 Å². The summed E-state index contributed by atoms with van der Waals surface area (Å²) in [5.74, 6) is -0.206. The summed E-state index contributed by atoms with van der Waals surface area (Å²) < 4.78 is 7.76. The Bertz CT molecular complexity index is 1950. The number of amides is 4. The molecule has 7 rings (SSSR count). The number of benzene rings is 2. The minimum atomic E-state index is -0.364. The molecule has 2 saturated heterocycles. The highest BCUT2D eigenvalue weighted by Gasteiger charge is 2.28. The monoisotopic (exact) mass is 706 g/mol. The number of aromatic nitrogens is 3. The van der Waals surface area contributed by atoms with E-state index in [0.717, 1.165) is 54.3 Å². The number of fused-ring (bicyclic) bond motifs is 1. The molecular weight excluding hydrogens is 664 g/mol. The number of piperidine rings is 1. The van der Waals surface area contributed by atoms with Crippen molar-refractivity contribution < 1.29 is 28.7 Å². The molecule has 4 heterocycles. The summed E-state index contributed by atoms with van der Waals surface area (Å²) in [5.41, 5.74) is 3.46. The minimum absolute atomic E-state index is 0.0821. The Kier molecular flexibility index (Phi) is 10.5. The second kappa shape index (κ2) is 15.7. The molecule has 0 radical (unpaired) electrons. The van der Waals surface area contributed by atoms with Crippen molar-refractivity contribution >= 4 is 52.6 Å². The molecule has 1 unspecified atom stereocenters. The molecule has 3 N–H and O–H groups in total. The van der Waals surface area contributed by atoms with Crippen LogP contribution >= 0.6 is 0 Å². The number of piperazine rings is 1. The third-order valence-corrected chi connectivity index (χ3v) is 10.1. The van der Waals surface area contributed by atoms with Crippen LogP contribution in [0.4, 0.5) is 11.6 Å². The van der Waals surface area contributed by atoms with E-state index >= 15 is 0 Å². The maximum Gasteiger partial charge on any atom is 0.260 e. The molecule has 14 nitrogen and oxygen atoms in total. The molecule has 2 aromatic heterocycles. The van der Waals surface area contributed by atoms with Crippen molar-refractivity contribution in [2.24, 2.45) is 0 Å². The fraction of sp³-hybridized carbons (Fsp3) is 0.395. The summed E-state index contributed by atoms with van der Waals surface area (Å²) in [4.78, 5) is 74.1. The van der Waals surface area contributed by atoms with Crippen molar-refractivity contribution in [1.29, 1.82) is 0 Å². The van der Waals surface area contributed by atoms with Crippen molar-refractivity contribution in [3.8, 4) is 5.75 Å². The maximum absolute atomic E-state index is 12.8. The van der Waals surface area contributed by atoms with Gasteiger partial charge in [0.15, 0.2) is 12.9 Å². The fourth-order valence-electron chi connectivity index (χ4n) is 7.25. The second-order valence-electron chi connectivity index (χ2n) is 13.5. The minimum Gasteiger partial charge on any atom is -0.484 e. The van der Waals surface area contributed by atoms with E-state index in [1.54, 1.807) is 47.5 Å². The predicted octanol–water partition coefficient (Wildman–Crippen LogP) is 3.58. The smallest absolute Gasteiger partial charge is 0.260 e. The van der Waals surface area contributed by atoms with E-state index in [2.05, 4.69) is 25.8 Å². The Balaban J connectivity index is 0.821. The van der Waals surface area contributed by atoms with Gasteiger partial charge in [-0.05, 0) is 67.3 Å². The highest BCUT2D eigenvalue weighted by Crippen LogP contribution is 2.34. The Morgan fingerprint density at radius 1 is 0.962 bits per heavy atom. The lowest BCUT2D eigenvalue weighted by atomic mass is 9.90. The molecule has 14 heteroatoms. The lowest BCUT2D eigenvalue weighted by Gasteiger charge is -2.34. The highest BCUT2D eigenvalue weighted by atomic mass is 16.5. The average Bonchev–Trinajstić information content (AvgIpc) is 3.82. The van der Waals surface area contributed by atoms with Crippen molar-refractivity contribution in [1.82, 2.24) is 35.0 Å². The second-order valence-corrected chi connectivity index (χ2v) is 13.5. The van der Waals surface area contributed by atoms with Gasteiger partial charge in [-0.3, -0.25) is 34.2 Å². The SMILES string of the molecule is O=Cc1cc2cnc(Nc3ccc(C(=O)NCCN4CCN(C(=O)COc5ccc(C6CCC(=O)NC6=O)cc5)CC4)cc3)nc2n1C1CCCC1. The molecule has 3 aliphatic rings. The molecular formula is C38H42N8O6. The number of rotatable bonds is 12. The molecule has 2 aromatic carbocycles. The van der Waals surface area contributed by atoms with Crippen LogP contribution in [0.25, 0.3) is 11.0 Å².